The van der Waals surface area contributed by atoms with Crippen LogP contribution in [0.4, 0.5) is 0 Å². The summed E-state index contributed by atoms with van der Waals surface area (Å²) in [4.78, 5) is 0. The van der Waals surface area contributed by atoms with E-state index < -0.39 is 6.23 Å². The molecule has 1 atom stereocenters. The molecular formula is C2H10N2Na2O. The molecule has 7 heavy (non-hydrogen) atoms. The number of aliphatic hydroxyl groups is 1. The fourth-order valence-corrected chi connectivity index (χ4v) is 0. The second-order valence-corrected chi connectivity index (χ2v) is 0.803. The maximum absolute atomic E-state index is 8.01. The predicted octanol–water partition coefficient (Wildman–Crippen LogP) is -3.07. The molecule has 1 unspecified atom stereocenters. The van der Waals surface area contributed by atoms with Crippen molar-refractivity contribution in [2.75, 3.05) is 6.54 Å². The van der Waals surface area contributed by atoms with Gasteiger partial charge in [-0.3, -0.25) is 0 Å². The van der Waals surface area contributed by atoms with Gasteiger partial charge < -0.3 is 16.6 Å². The van der Waals surface area contributed by atoms with E-state index >= 15 is 0 Å². The molecule has 0 aliphatic rings. The Kier molecular flexibility index (Phi) is 24.6. The van der Waals surface area contributed by atoms with E-state index in [9.17, 15) is 0 Å². The van der Waals surface area contributed by atoms with Crippen LogP contribution in [0.15, 0.2) is 0 Å². The average Bonchev–Trinajstić information content (AvgIpc) is 1.38. The van der Waals surface area contributed by atoms with Crippen LogP contribution in [0.2, 0.25) is 0 Å². The summed E-state index contributed by atoms with van der Waals surface area (Å²) in [6, 6.07) is 0. The van der Waals surface area contributed by atoms with Crippen molar-refractivity contribution in [3.8, 4) is 0 Å². The van der Waals surface area contributed by atoms with E-state index in [0.717, 1.165) is 0 Å². The first-order chi connectivity index (χ1) is 2.27. The summed E-state index contributed by atoms with van der Waals surface area (Å²) in [5.41, 5.74) is 9.52. The molecule has 0 amide bonds. The summed E-state index contributed by atoms with van der Waals surface area (Å²) in [5.74, 6) is 0. The van der Waals surface area contributed by atoms with Crippen LogP contribution in [0.25, 0.3) is 0 Å². The molecule has 0 aromatic rings. The Bertz CT molecular complexity index is 27.7. The van der Waals surface area contributed by atoms with E-state index in [4.69, 9.17) is 16.6 Å². The number of nitrogens with two attached hydrogens (primary N) is 2. The van der Waals surface area contributed by atoms with Crippen molar-refractivity contribution in [2.24, 2.45) is 11.5 Å². The molecule has 3 nitrogen and oxygen atoms in total. The van der Waals surface area contributed by atoms with Crippen molar-refractivity contribution >= 4 is 59.1 Å². The summed E-state index contributed by atoms with van der Waals surface area (Å²) in [5, 5.41) is 8.01. The summed E-state index contributed by atoms with van der Waals surface area (Å²) in [6.07, 6.45) is -0.838. The third-order valence-electron chi connectivity index (χ3n) is 0.241. The van der Waals surface area contributed by atoms with Gasteiger partial charge in [0.1, 0.15) is 6.23 Å². The van der Waals surface area contributed by atoms with Crippen molar-refractivity contribution in [3.05, 3.63) is 0 Å². The summed E-state index contributed by atoms with van der Waals surface area (Å²) >= 11 is 0. The Hall–Kier alpha value is 1.88. The van der Waals surface area contributed by atoms with Gasteiger partial charge in [-0.25, -0.2) is 0 Å². The molecule has 0 heterocycles. The maximum atomic E-state index is 8.01. The predicted molar refractivity (Wildman–Crippen MR) is 33.5 cm³/mol. The number of rotatable bonds is 1. The fourth-order valence-electron chi connectivity index (χ4n) is 0. The molecule has 0 aromatic heterocycles. The number of aliphatic hydroxyl groups excluding tert-OH is 1. The summed E-state index contributed by atoms with van der Waals surface area (Å²) in [7, 11) is 0. The third-order valence-corrected chi connectivity index (χ3v) is 0.241. The van der Waals surface area contributed by atoms with Crippen LogP contribution < -0.4 is 11.5 Å². The van der Waals surface area contributed by atoms with Crippen LogP contribution in [-0.2, 0) is 0 Å². The zero-order valence-electron chi connectivity index (χ0n) is 2.89. The minimum absolute atomic E-state index is 0. The van der Waals surface area contributed by atoms with Gasteiger partial charge in [0.05, 0.1) is 0 Å². The molecule has 0 aliphatic carbocycles. The number of hydrogen-bond donors (Lipinski definition) is 3. The zero-order chi connectivity index (χ0) is 4.28. The van der Waals surface area contributed by atoms with Gasteiger partial charge in [0.15, 0.2) is 0 Å². The van der Waals surface area contributed by atoms with Gasteiger partial charge in [-0.15, -0.1) is 0 Å². The van der Waals surface area contributed by atoms with Crippen molar-refractivity contribution in [1.29, 1.82) is 0 Å². The molecule has 0 saturated carbocycles. The minimum atomic E-state index is -0.838. The van der Waals surface area contributed by atoms with Gasteiger partial charge in [-0.05, 0) is 0 Å². The molecule has 0 fully saturated rings. The van der Waals surface area contributed by atoms with Gasteiger partial charge in [0.25, 0.3) is 0 Å². The van der Waals surface area contributed by atoms with Crippen LogP contribution >= 0.6 is 0 Å². The quantitative estimate of drug-likeness (QED) is 0.256. The van der Waals surface area contributed by atoms with E-state index in [0.29, 0.717) is 0 Å². The Morgan fingerprint density at radius 2 is 1.57 bits per heavy atom. The van der Waals surface area contributed by atoms with E-state index in [1.807, 2.05) is 0 Å². The zero-order valence-corrected chi connectivity index (χ0v) is 2.89. The van der Waals surface area contributed by atoms with Crippen LogP contribution in [0.1, 0.15) is 0 Å². The summed E-state index contributed by atoms with van der Waals surface area (Å²) in [6.45, 7) is 0.139. The fraction of sp³-hybridized carbons (Fsp3) is 1.00. The second kappa shape index (κ2) is 10.8. The molecule has 0 radical (unpaired) electrons. The molecule has 0 aliphatic heterocycles. The Labute approximate surface area is 87.4 Å². The molecule has 5 N–H and O–H groups in total. The topological polar surface area (TPSA) is 72.3 Å². The van der Waals surface area contributed by atoms with Crippen molar-refractivity contribution in [1.82, 2.24) is 0 Å². The van der Waals surface area contributed by atoms with Gasteiger partial charge in [0.2, 0.25) is 0 Å². The van der Waals surface area contributed by atoms with Crippen LogP contribution in [0, 0.1) is 0 Å². The third kappa shape index (κ3) is 18.1. The molecule has 36 valence electrons. The van der Waals surface area contributed by atoms with Crippen molar-refractivity contribution in [2.45, 2.75) is 6.23 Å². The average molecular weight is 124 g/mol. The molecule has 0 saturated heterocycles. The van der Waals surface area contributed by atoms with Crippen LogP contribution in [0.5, 0.6) is 0 Å². The molecule has 0 rings (SSSR count). The Balaban J connectivity index is -0.0000000800. The Morgan fingerprint density at radius 3 is 1.57 bits per heavy atom. The normalized spacial score (nSPS) is 10.7. The molecule has 0 aromatic carbocycles. The van der Waals surface area contributed by atoms with E-state index in [-0.39, 0.29) is 65.7 Å². The molecule has 0 spiro atoms. The van der Waals surface area contributed by atoms with Gasteiger partial charge in [-0.1, -0.05) is 0 Å². The van der Waals surface area contributed by atoms with Gasteiger partial charge >= 0.3 is 59.1 Å². The molecule has 0 bridgehead atoms. The first-order valence-electron chi connectivity index (χ1n) is 1.41. The molecular weight excluding hydrogens is 114 g/mol. The summed E-state index contributed by atoms with van der Waals surface area (Å²) < 4.78 is 0. The van der Waals surface area contributed by atoms with Crippen molar-refractivity contribution < 1.29 is 5.11 Å². The standard InChI is InChI=1S/C2H8N2O.2Na.2H/c3-1-2(4)5;;;;/h2,5H,1,3-4H2;;;;. The SMILES string of the molecule is NCC(N)O.[NaH].[NaH]. The Morgan fingerprint density at radius 1 is 1.43 bits per heavy atom. The van der Waals surface area contributed by atoms with Gasteiger partial charge in [-0.2, -0.15) is 0 Å². The van der Waals surface area contributed by atoms with Crippen LogP contribution in [-0.4, -0.2) is 77.0 Å². The van der Waals surface area contributed by atoms with E-state index in [1.54, 1.807) is 0 Å². The van der Waals surface area contributed by atoms with Crippen molar-refractivity contribution in [3.63, 3.8) is 0 Å². The number of hydrogen-bond acceptors (Lipinski definition) is 3. The monoisotopic (exact) mass is 124 g/mol. The van der Waals surface area contributed by atoms with E-state index in [1.165, 1.54) is 0 Å². The van der Waals surface area contributed by atoms with Gasteiger partial charge in [0, 0.05) is 6.54 Å². The first-order valence-corrected chi connectivity index (χ1v) is 1.41. The van der Waals surface area contributed by atoms with E-state index in [2.05, 4.69) is 0 Å². The second-order valence-electron chi connectivity index (χ2n) is 0.803. The first kappa shape index (κ1) is 15.9. The van der Waals surface area contributed by atoms with Crippen LogP contribution in [0.3, 0.4) is 0 Å². The molecule has 5 heteroatoms.